The van der Waals surface area contributed by atoms with Crippen LogP contribution in [0.2, 0.25) is 0 Å². The molecule has 2 N–H and O–H groups in total. The second-order valence-corrected chi connectivity index (χ2v) is 5.84. The van der Waals surface area contributed by atoms with Gasteiger partial charge in [0.1, 0.15) is 11.5 Å². The van der Waals surface area contributed by atoms with Crippen molar-refractivity contribution in [2.75, 3.05) is 0 Å². The Morgan fingerprint density at radius 2 is 2.14 bits per heavy atom. The molecule has 116 valence electrons. The summed E-state index contributed by atoms with van der Waals surface area (Å²) in [5.41, 5.74) is 1.90. The molecule has 5 heteroatoms. The second-order valence-electron chi connectivity index (χ2n) is 5.84. The van der Waals surface area contributed by atoms with E-state index in [4.69, 9.17) is 4.52 Å². The maximum absolute atomic E-state index is 12.2. The number of nitrogens with zero attached hydrogens (tertiary/aromatic N) is 1. The predicted octanol–water partition coefficient (Wildman–Crippen LogP) is 3.32. The zero-order chi connectivity index (χ0) is 15.4. The van der Waals surface area contributed by atoms with Crippen LogP contribution in [0.3, 0.4) is 0 Å². The smallest absolute Gasteiger partial charge is 0.315 e. The Labute approximate surface area is 130 Å². The Morgan fingerprint density at radius 1 is 1.36 bits per heavy atom. The third kappa shape index (κ3) is 3.47. The molecule has 22 heavy (non-hydrogen) atoms. The molecule has 0 aliphatic heterocycles. The van der Waals surface area contributed by atoms with Crippen molar-refractivity contribution in [3.63, 3.8) is 0 Å². The van der Waals surface area contributed by atoms with E-state index < -0.39 is 0 Å². The van der Waals surface area contributed by atoms with Crippen molar-refractivity contribution >= 4 is 6.03 Å². The molecule has 1 aliphatic carbocycles. The third-order valence-electron chi connectivity index (χ3n) is 4.17. The van der Waals surface area contributed by atoms with Crippen molar-refractivity contribution in [1.29, 1.82) is 0 Å². The summed E-state index contributed by atoms with van der Waals surface area (Å²) in [7, 11) is 0. The van der Waals surface area contributed by atoms with E-state index in [1.807, 2.05) is 31.2 Å². The largest absolute Gasteiger partial charge is 0.361 e. The van der Waals surface area contributed by atoms with Gasteiger partial charge in [-0.1, -0.05) is 41.9 Å². The van der Waals surface area contributed by atoms with Crippen molar-refractivity contribution in [2.45, 2.75) is 38.8 Å². The summed E-state index contributed by atoms with van der Waals surface area (Å²) in [6.45, 7) is 2.20. The summed E-state index contributed by atoms with van der Waals surface area (Å²) >= 11 is 0. The van der Waals surface area contributed by atoms with Crippen LogP contribution in [0.25, 0.3) is 0 Å². The van der Waals surface area contributed by atoms with Gasteiger partial charge in [0.25, 0.3) is 0 Å². The number of benzene rings is 1. The molecule has 0 unspecified atom stereocenters. The first-order valence-corrected chi connectivity index (χ1v) is 7.74. The molecule has 0 spiro atoms. The molecule has 1 aromatic carbocycles. The minimum absolute atomic E-state index is 0.0778. The lowest BCUT2D eigenvalue weighted by atomic mass is 9.77. The lowest BCUT2D eigenvalue weighted by molar-refractivity contribution is 0.207. The predicted molar refractivity (Wildman–Crippen MR) is 83.1 cm³/mol. The molecule has 2 aromatic rings. The Bertz CT molecular complexity index is 620. The molecule has 0 saturated heterocycles. The van der Waals surface area contributed by atoms with Crippen molar-refractivity contribution < 1.29 is 9.32 Å². The van der Waals surface area contributed by atoms with Gasteiger partial charge in [-0.15, -0.1) is 0 Å². The number of urea groups is 1. The summed E-state index contributed by atoms with van der Waals surface area (Å²) < 4.78 is 4.99. The highest BCUT2D eigenvalue weighted by molar-refractivity contribution is 5.74. The van der Waals surface area contributed by atoms with E-state index in [2.05, 4.69) is 27.9 Å². The number of hydrogen-bond acceptors (Lipinski definition) is 3. The van der Waals surface area contributed by atoms with E-state index in [9.17, 15) is 4.79 Å². The molecular weight excluding hydrogens is 278 g/mol. The normalized spacial score (nSPS) is 15.9. The van der Waals surface area contributed by atoms with Crippen LogP contribution in [0.1, 0.15) is 42.3 Å². The highest BCUT2D eigenvalue weighted by Gasteiger charge is 2.29. The van der Waals surface area contributed by atoms with Crippen molar-refractivity contribution in [1.82, 2.24) is 15.8 Å². The average molecular weight is 299 g/mol. The van der Waals surface area contributed by atoms with Crippen LogP contribution in [0.4, 0.5) is 4.79 Å². The van der Waals surface area contributed by atoms with Gasteiger partial charge in [0.2, 0.25) is 0 Å². The number of rotatable bonds is 5. The van der Waals surface area contributed by atoms with Crippen LogP contribution in [0, 0.1) is 12.8 Å². The molecule has 5 nitrogen and oxygen atoms in total. The maximum Gasteiger partial charge on any atom is 0.315 e. The van der Waals surface area contributed by atoms with Gasteiger partial charge >= 0.3 is 6.03 Å². The van der Waals surface area contributed by atoms with E-state index >= 15 is 0 Å². The Kier molecular flexibility index (Phi) is 4.42. The maximum atomic E-state index is 12.2. The van der Waals surface area contributed by atoms with Crippen LogP contribution in [0.15, 0.2) is 40.9 Å². The van der Waals surface area contributed by atoms with Crippen molar-refractivity contribution in [3.05, 3.63) is 53.4 Å². The van der Waals surface area contributed by atoms with Crippen LogP contribution in [-0.4, -0.2) is 11.2 Å². The molecule has 1 fully saturated rings. The number of aryl methyl sites for hydroxylation is 1. The van der Waals surface area contributed by atoms with Gasteiger partial charge in [-0.2, -0.15) is 0 Å². The average Bonchev–Trinajstić information content (AvgIpc) is 2.89. The minimum atomic E-state index is -0.165. The molecule has 0 bridgehead atoms. The molecular formula is C17H21N3O2. The molecule has 1 aliphatic rings. The van der Waals surface area contributed by atoms with Gasteiger partial charge in [-0.05, 0) is 31.2 Å². The fraction of sp³-hybridized carbons (Fsp3) is 0.412. The first-order chi connectivity index (χ1) is 10.7. The second kappa shape index (κ2) is 6.64. The topological polar surface area (TPSA) is 67.2 Å². The first-order valence-electron chi connectivity index (χ1n) is 7.74. The zero-order valence-electron chi connectivity index (χ0n) is 12.7. The van der Waals surface area contributed by atoms with Gasteiger partial charge in [0, 0.05) is 6.07 Å². The molecule has 0 radical (unpaired) electrons. The van der Waals surface area contributed by atoms with E-state index in [0.717, 1.165) is 11.5 Å². The van der Waals surface area contributed by atoms with E-state index in [1.54, 1.807) is 0 Å². The number of aromatic nitrogens is 1. The highest BCUT2D eigenvalue weighted by Crippen LogP contribution is 2.37. The molecule has 3 rings (SSSR count). The Hall–Kier alpha value is -2.30. The van der Waals surface area contributed by atoms with Gasteiger partial charge in [-0.3, -0.25) is 0 Å². The van der Waals surface area contributed by atoms with Gasteiger partial charge < -0.3 is 15.2 Å². The monoisotopic (exact) mass is 299 g/mol. The quantitative estimate of drug-likeness (QED) is 0.890. The zero-order valence-corrected chi connectivity index (χ0v) is 12.7. The summed E-state index contributed by atoms with van der Waals surface area (Å²) in [5, 5.41) is 9.82. The molecule has 1 saturated carbocycles. The van der Waals surface area contributed by atoms with Crippen LogP contribution < -0.4 is 10.6 Å². The summed E-state index contributed by atoms with van der Waals surface area (Å²) in [6, 6.07) is 11.9. The summed E-state index contributed by atoms with van der Waals surface area (Å²) in [5.74, 6) is 1.27. The van der Waals surface area contributed by atoms with E-state index in [0.29, 0.717) is 12.5 Å². The Morgan fingerprint density at radius 3 is 2.73 bits per heavy atom. The van der Waals surface area contributed by atoms with E-state index in [1.165, 1.54) is 24.8 Å². The van der Waals surface area contributed by atoms with Gasteiger partial charge in [-0.25, -0.2) is 4.79 Å². The molecule has 1 heterocycles. The molecule has 1 aromatic heterocycles. The lowest BCUT2D eigenvalue weighted by Crippen LogP contribution is -2.41. The minimum Gasteiger partial charge on any atom is -0.361 e. The molecule has 1 atom stereocenters. The lowest BCUT2D eigenvalue weighted by Gasteiger charge is -2.34. The first kappa shape index (κ1) is 14.6. The fourth-order valence-electron chi connectivity index (χ4n) is 2.77. The fourth-order valence-corrected chi connectivity index (χ4v) is 2.77. The summed E-state index contributed by atoms with van der Waals surface area (Å²) in [6.07, 6.45) is 3.58. The van der Waals surface area contributed by atoms with Crippen LogP contribution in [-0.2, 0) is 6.54 Å². The summed E-state index contributed by atoms with van der Waals surface area (Å²) in [4.78, 5) is 12.2. The highest BCUT2D eigenvalue weighted by atomic mass is 16.5. The van der Waals surface area contributed by atoms with Crippen molar-refractivity contribution in [3.8, 4) is 0 Å². The number of hydrogen-bond donors (Lipinski definition) is 2. The van der Waals surface area contributed by atoms with E-state index in [-0.39, 0.29) is 12.1 Å². The number of nitrogens with one attached hydrogen (secondary N) is 2. The van der Waals surface area contributed by atoms with Crippen LogP contribution in [0.5, 0.6) is 0 Å². The van der Waals surface area contributed by atoms with Crippen molar-refractivity contribution in [2.24, 2.45) is 5.92 Å². The van der Waals surface area contributed by atoms with Crippen LogP contribution >= 0.6 is 0 Å². The number of amides is 2. The standard InChI is InChI=1S/C17H21N3O2/c1-12-10-15(20-22-12)11-18-17(21)19-16(14-8-5-9-14)13-6-3-2-4-7-13/h2-4,6-7,10,14,16H,5,8-9,11H2,1H3,(H2,18,19,21)/t16-/m0/s1. The number of carbonyl (C=O) groups is 1. The SMILES string of the molecule is Cc1cc(CNC(=O)N[C@@H](c2ccccc2)C2CCC2)no1. The van der Waals surface area contributed by atoms with Gasteiger partial charge in [0.15, 0.2) is 0 Å². The third-order valence-corrected chi connectivity index (χ3v) is 4.17. The number of carbonyl (C=O) groups excluding carboxylic acids is 1. The molecule has 2 amide bonds. The van der Waals surface area contributed by atoms with Gasteiger partial charge in [0.05, 0.1) is 12.6 Å². The Balaban J connectivity index is 1.59.